The Bertz CT molecular complexity index is 314. The number of rotatable bonds is 2. The zero-order chi connectivity index (χ0) is 13.1. The highest BCUT2D eigenvalue weighted by atomic mass is 16.3. The van der Waals surface area contributed by atoms with E-state index in [4.69, 9.17) is 16.9 Å². The SMILES string of the molecule is CC1(C)CCC(O)(CN=C(N)NC(=N)N)CC1. The predicted octanol–water partition coefficient (Wildman–Crippen LogP) is 0.115. The Balaban J connectivity index is 2.49. The Morgan fingerprint density at radius 3 is 2.29 bits per heavy atom. The molecule has 0 aromatic rings. The first kappa shape index (κ1) is 13.8. The molecule has 6 nitrogen and oxygen atoms in total. The van der Waals surface area contributed by atoms with E-state index in [0.717, 1.165) is 25.7 Å². The summed E-state index contributed by atoms with van der Waals surface area (Å²) in [5.74, 6) is -0.168. The molecule has 0 aromatic heterocycles. The maximum atomic E-state index is 10.3. The molecule has 0 amide bonds. The van der Waals surface area contributed by atoms with Crippen LogP contribution in [0.25, 0.3) is 0 Å². The lowest BCUT2D eigenvalue weighted by molar-refractivity contribution is -0.0174. The normalized spacial score (nSPS) is 23.1. The summed E-state index contributed by atoms with van der Waals surface area (Å²) < 4.78 is 0. The third-order valence-corrected chi connectivity index (χ3v) is 3.34. The summed E-state index contributed by atoms with van der Waals surface area (Å²) in [7, 11) is 0. The molecule has 0 spiro atoms. The van der Waals surface area contributed by atoms with Crippen LogP contribution in [-0.2, 0) is 0 Å². The summed E-state index contributed by atoms with van der Waals surface area (Å²) >= 11 is 0. The maximum absolute atomic E-state index is 10.3. The molecule has 0 radical (unpaired) electrons. The van der Waals surface area contributed by atoms with Crippen molar-refractivity contribution in [2.45, 2.75) is 45.1 Å². The van der Waals surface area contributed by atoms with Gasteiger partial charge in [0.25, 0.3) is 0 Å². The summed E-state index contributed by atoms with van der Waals surface area (Å²) in [4.78, 5) is 4.02. The van der Waals surface area contributed by atoms with Crippen LogP contribution >= 0.6 is 0 Å². The molecule has 1 rings (SSSR count). The second-order valence-electron chi connectivity index (χ2n) is 5.63. The van der Waals surface area contributed by atoms with Crippen molar-refractivity contribution in [3.05, 3.63) is 0 Å². The van der Waals surface area contributed by atoms with Crippen LogP contribution in [0.5, 0.6) is 0 Å². The first-order chi connectivity index (χ1) is 7.72. The van der Waals surface area contributed by atoms with E-state index in [1.54, 1.807) is 0 Å². The molecule has 0 aliphatic heterocycles. The number of aliphatic imine (C=N–C) groups is 1. The third kappa shape index (κ3) is 4.60. The lowest BCUT2D eigenvalue weighted by Crippen LogP contribution is -2.43. The molecule has 0 heterocycles. The third-order valence-electron chi connectivity index (χ3n) is 3.34. The molecule has 0 bridgehead atoms. The molecule has 1 aliphatic carbocycles. The number of nitrogens with zero attached hydrogens (tertiary/aromatic N) is 1. The van der Waals surface area contributed by atoms with Crippen molar-refractivity contribution >= 4 is 11.9 Å². The standard InChI is InChI=1S/C11H23N5O/c1-10(2)3-5-11(17,6-4-10)7-15-9(14)16-8(12)13/h17H,3-7H2,1-2H3,(H6,12,13,14,15,16). The van der Waals surface area contributed by atoms with Gasteiger partial charge in [-0.2, -0.15) is 0 Å². The van der Waals surface area contributed by atoms with Crippen molar-refractivity contribution in [3.8, 4) is 0 Å². The second-order valence-corrected chi connectivity index (χ2v) is 5.63. The van der Waals surface area contributed by atoms with Gasteiger partial charge in [-0.25, -0.2) is 0 Å². The van der Waals surface area contributed by atoms with Gasteiger partial charge in [-0.15, -0.1) is 0 Å². The highest BCUT2D eigenvalue weighted by Gasteiger charge is 2.36. The van der Waals surface area contributed by atoms with Crippen molar-refractivity contribution in [2.75, 3.05) is 6.54 Å². The molecule has 98 valence electrons. The van der Waals surface area contributed by atoms with Crippen LogP contribution in [-0.4, -0.2) is 29.2 Å². The molecule has 7 N–H and O–H groups in total. The van der Waals surface area contributed by atoms with Crippen molar-refractivity contribution in [3.63, 3.8) is 0 Å². The number of aliphatic hydroxyl groups is 1. The van der Waals surface area contributed by atoms with Gasteiger partial charge in [0, 0.05) is 0 Å². The van der Waals surface area contributed by atoms with Gasteiger partial charge in [0.2, 0.25) is 0 Å². The van der Waals surface area contributed by atoms with Gasteiger partial charge in [0.1, 0.15) is 0 Å². The Labute approximate surface area is 102 Å². The zero-order valence-corrected chi connectivity index (χ0v) is 10.6. The lowest BCUT2D eigenvalue weighted by atomic mass is 9.71. The minimum atomic E-state index is -0.765. The van der Waals surface area contributed by atoms with E-state index >= 15 is 0 Å². The number of guanidine groups is 2. The molecule has 0 unspecified atom stereocenters. The van der Waals surface area contributed by atoms with Gasteiger partial charge < -0.3 is 16.6 Å². The maximum Gasteiger partial charge on any atom is 0.195 e. The lowest BCUT2D eigenvalue weighted by Gasteiger charge is -2.39. The van der Waals surface area contributed by atoms with E-state index in [0.29, 0.717) is 5.41 Å². The molecule has 0 atom stereocenters. The Morgan fingerprint density at radius 1 is 1.29 bits per heavy atom. The fourth-order valence-electron chi connectivity index (χ4n) is 1.96. The average Bonchev–Trinajstić information content (AvgIpc) is 2.20. The van der Waals surface area contributed by atoms with Crippen LogP contribution in [0.15, 0.2) is 4.99 Å². The Hall–Kier alpha value is -1.30. The number of nitrogens with two attached hydrogens (primary N) is 2. The molecule has 17 heavy (non-hydrogen) atoms. The topological polar surface area (TPSA) is 121 Å². The van der Waals surface area contributed by atoms with E-state index in [1.807, 2.05) is 0 Å². The van der Waals surface area contributed by atoms with E-state index in [2.05, 4.69) is 24.2 Å². The monoisotopic (exact) mass is 241 g/mol. The van der Waals surface area contributed by atoms with Crippen LogP contribution < -0.4 is 16.8 Å². The molecular weight excluding hydrogens is 218 g/mol. The van der Waals surface area contributed by atoms with Crippen LogP contribution in [0.4, 0.5) is 0 Å². The largest absolute Gasteiger partial charge is 0.388 e. The number of hydrogen-bond donors (Lipinski definition) is 5. The minimum absolute atomic E-state index is 0.0794. The smallest absolute Gasteiger partial charge is 0.195 e. The highest BCUT2D eigenvalue weighted by Crippen LogP contribution is 2.40. The first-order valence-corrected chi connectivity index (χ1v) is 5.86. The molecule has 1 aliphatic rings. The average molecular weight is 241 g/mol. The van der Waals surface area contributed by atoms with E-state index in [-0.39, 0.29) is 18.5 Å². The molecule has 0 saturated heterocycles. The molecular formula is C11H23N5O. The van der Waals surface area contributed by atoms with Crippen molar-refractivity contribution in [2.24, 2.45) is 21.9 Å². The van der Waals surface area contributed by atoms with Crippen LogP contribution in [0.2, 0.25) is 0 Å². The van der Waals surface area contributed by atoms with Crippen molar-refractivity contribution in [1.29, 1.82) is 5.41 Å². The Kier molecular flexibility index (Phi) is 3.98. The van der Waals surface area contributed by atoms with Gasteiger partial charge in [-0.3, -0.25) is 15.7 Å². The van der Waals surface area contributed by atoms with Crippen LogP contribution in [0.1, 0.15) is 39.5 Å². The summed E-state index contributed by atoms with van der Waals surface area (Å²) in [5, 5.41) is 19.7. The zero-order valence-electron chi connectivity index (χ0n) is 10.6. The Morgan fingerprint density at radius 2 is 1.82 bits per heavy atom. The quantitative estimate of drug-likeness (QED) is 0.348. The summed E-state index contributed by atoms with van der Waals surface area (Å²) in [6.45, 7) is 4.68. The molecule has 1 saturated carbocycles. The van der Waals surface area contributed by atoms with Crippen LogP contribution in [0.3, 0.4) is 0 Å². The van der Waals surface area contributed by atoms with Gasteiger partial charge in [-0.05, 0) is 31.1 Å². The summed E-state index contributed by atoms with van der Waals surface area (Å²) in [6.07, 6.45) is 3.44. The van der Waals surface area contributed by atoms with E-state index in [9.17, 15) is 5.11 Å². The molecule has 1 fully saturated rings. The van der Waals surface area contributed by atoms with Crippen LogP contribution in [0, 0.1) is 10.8 Å². The minimum Gasteiger partial charge on any atom is -0.388 e. The van der Waals surface area contributed by atoms with Crippen molar-refractivity contribution in [1.82, 2.24) is 5.32 Å². The summed E-state index contributed by atoms with van der Waals surface area (Å²) in [5.41, 5.74) is 10.2. The molecule has 6 heteroatoms. The second kappa shape index (κ2) is 4.91. The first-order valence-electron chi connectivity index (χ1n) is 5.86. The van der Waals surface area contributed by atoms with Gasteiger partial charge in [0.15, 0.2) is 11.9 Å². The van der Waals surface area contributed by atoms with Gasteiger partial charge in [0.05, 0.1) is 12.1 Å². The van der Waals surface area contributed by atoms with E-state index in [1.165, 1.54) is 0 Å². The summed E-state index contributed by atoms with van der Waals surface area (Å²) in [6, 6.07) is 0. The van der Waals surface area contributed by atoms with Gasteiger partial charge in [-0.1, -0.05) is 13.8 Å². The van der Waals surface area contributed by atoms with E-state index < -0.39 is 5.60 Å². The fraction of sp³-hybridized carbons (Fsp3) is 0.818. The number of hydrogen-bond acceptors (Lipinski definition) is 3. The predicted molar refractivity (Wildman–Crippen MR) is 68.7 cm³/mol. The van der Waals surface area contributed by atoms with Gasteiger partial charge >= 0.3 is 0 Å². The highest BCUT2D eigenvalue weighted by molar-refractivity contribution is 5.95. The van der Waals surface area contributed by atoms with Crippen molar-refractivity contribution < 1.29 is 5.11 Å². The molecule has 0 aromatic carbocycles. The fourth-order valence-corrected chi connectivity index (χ4v) is 1.96. The number of nitrogens with one attached hydrogen (secondary N) is 2.